The van der Waals surface area contributed by atoms with Gasteiger partial charge in [0, 0.05) is 5.88 Å². The summed E-state index contributed by atoms with van der Waals surface area (Å²) in [6, 6.07) is 9.39. The highest BCUT2D eigenvalue weighted by Crippen LogP contribution is 2.13. The summed E-state index contributed by atoms with van der Waals surface area (Å²) in [6.07, 6.45) is 10.00. The summed E-state index contributed by atoms with van der Waals surface area (Å²) in [5.41, 5.74) is 0.673. The van der Waals surface area contributed by atoms with Gasteiger partial charge >= 0.3 is 0 Å². The van der Waals surface area contributed by atoms with E-state index in [0.29, 0.717) is 5.56 Å². The van der Waals surface area contributed by atoms with Crippen molar-refractivity contribution in [2.24, 2.45) is 0 Å². The van der Waals surface area contributed by atoms with Crippen molar-refractivity contribution >= 4 is 11.6 Å². The molecule has 0 spiro atoms. The van der Waals surface area contributed by atoms with E-state index in [1.54, 1.807) is 12.1 Å². The fourth-order valence-corrected chi connectivity index (χ4v) is 2.26. The number of hydrogen-bond donors (Lipinski definition) is 0. The number of ether oxygens (including phenoxy) is 1. The lowest BCUT2D eigenvalue weighted by Crippen LogP contribution is -1.97. The van der Waals surface area contributed by atoms with Crippen LogP contribution in [0.4, 0.5) is 0 Å². The quantitative estimate of drug-likeness (QED) is 0.410. The van der Waals surface area contributed by atoms with Crippen LogP contribution in [0.2, 0.25) is 0 Å². The molecule has 0 amide bonds. The third-order valence-electron chi connectivity index (χ3n) is 3.28. The summed E-state index contributed by atoms with van der Waals surface area (Å²) < 4.78 is 5.64. The number of rotatable bonds is 11. The Kier molecular flexibility index (Phi) is 9.79. The second-order valence-corrected chi connectivity index (χ2v) is 5.38. The molecule has 20 heavy (non-hydrogen) atoms. The molecule has 3 heteroatoms. The summed E-state index contributed by atoms with van der Waals surface area (Å²) in [5, 5.41) is 8.70. The van der Waals surface area contributed by atoms with Gasteiger partial charge in [0.1, 0.15) is 5.75 Å². The van der Waals surface area contributed by atoms with Gasteiger partial charge in [-0.15, -0.1) is 11.6 Å². The third kappa shape index (κ3) is 8.07. The van der Waals surface area contributed by atoms with Gasteiger partial charge in [0.2, 0.25) is 0 Å². The van der Waals surface area contributed by atoms with Gasteiger partial charge in [-0.1, -0.05) is 38.5 Å². The van der Waals surface area contributed by atoms with E-state index in [1.807, 2.05) is 12.1 Å². The summed E-state index contributed by atoms with van der Waals surface area (Å²) in [4.78, 5) is 0. The first-order chi connectivity index (χ1) is 9.86. The van der Waals surface area contributed by atoms with Crippen molar-refractivity contribution in [2.45, 2.75) is 51.4 Å². The normalized spacial score (nSPS) is 10.2. The molecule has 2 nitrogen and oxygen atoms in total. The fourth-order valence-electron chi connectivity index (χ4n) is 2.07. The molecule has 110 valence electrons. The molecule has 0 radical (unpaired) electrons. The highest BCUT2D eigenvalue weighted by molar-refractivity contribution is 6.17. The minimum atomic E-state index is 0.673. The predicted octanol–water partition coefficient (Wildman–Crippen LogP) is 5.30. The van der Waals surface area contributed by atoms with E-state index in [2.05, 4.69) is 6.07 Å². The van der Waals surface area contributed by atoms with Crippen LogP contribution >= 0.6 is 11.6 Å². The van der Waals surface area contributed by atoms with E-state index in [1.165, 1.54) is 38.5 Å². The monoisotopic (exact) mass is 293 g/mol. The standard InChI is InChI=1S/C17H24ClNO/c18-13-7-5-3-1-2-4-6-8-14-20-17-11-9-16(15-19)10-12-17/h9-12H,1-8,13-14H2. The molecular formula is C17H24ClNO. The molecule has 0 aliphatic heterocycles. The van der Waals surface area contributed by atoms with Crippen LogP contribution in [0.15, 0.2) is 24.3 Å². The molecule has 0 unspecified atom stereocenters. The molecule has 1 rings (SSSR count). The SMILES string of the molecule is N#Cc1ccc(OCCCCCCCCCCCl)cc1. The van der Waals surface area contributed by atoms with E-state index < -0.39 is 0 Å². The first kappa shape index (κ1) is 16.9. The fraction of sp³-hybridized carbons (Fsp3) is 0.588. The van der Waals surface area contributed by atoms with Crippen LogP contribution in [0.3, 0.4) is 0 Å². The molecule has 0 bridgehead atoms. The zero-order valence-corrected chi connectivity index (χ0v) is 12.9. The molecule has 0 N–H and O–H groups in total. The molecule has 1 aromatic rings. The summed E-state index contributed by atoms with van der Waals surface area (Å²) in [5.74, 6) is 1.65. The smallest absolute Gasteiger partial charge is 0.119 e. The van der Waals surface area contributed by atoms with Gasteiger partial charge in [-0.3, -0.25) is 0 Å². The molecule has 0 aliphatic carbocycles. The minimum Gasteiger partial charge on any atom is -0.494 e. The zero-order chi connectivity index (χ0) is 14.5. The van der Waals surface area contributed by atoms with Crippen molar-refractivity contribution in [3.63, 3.8) is 0 Å². The van der Waals surface area contributed by atoms with Crippen LogP contribution in [-0.4, -0.2) is 12.5 Å². The minimum absolute atomic E-state index is 0.673. The lowest BCUT2D eigenvalue weighted by Gasteiger charge is -2.06. The lowest BCUT2D eigenvalue weighted by molar-refractivity contribution is 0.304. The van der Waals surface area contributed by atoms with Crippen LogP contribution in [-0.2, 0) is 0 Å². The molecular weight excluding hydrogens is 270 g/mol. The Balaban J connectivity index is 1.93. The second-order valence-electron chi connectivity index (χ2n) is 5.00. The van der Waals surface area contributed by atoms with Crippen LogP contribution in [0, 0.1) is 11.3 Å². The first-order valence-corrected chi connectivity index (χ1v) is 8.09. The van der Waals surface area contributed by atoms with Gasteiger partial charge < -0.3 is 4.74 Å². The van der Waals surface area contributed by atoms with Crippen molar-refractivity contribution in [3.05, 3.63) is 29.8 Å². The van der Waals surface area contributed by atoms with Gasteiger partial charge in [-0.2, -0.15) is 5.26 Å². The van der Waals surface area contributed by atoms with Crippen LogP contribution < -0.4 is 4.74 Å². The number of hydrogen-bond acceptors (Lipinski definition) is 2. The summed E-state index contributed by atoms with van der Waals surface area (Å²) in [6.45, 7) is 0.762. The van der Waals surface area contributed by atoms with Gasteiger partial charge in [-0.05, 0) is 37.1 Å². The average molecular weight is 294 g/mol. The van der Waals surface area contributed by atoms with Gasteiger partial charge in [0.25, 0.3) is 0 Å². The van der Waals surface area contributed by atoms with Gasteiger partial charge in [-0.25, -0.2) is 0 Å². The number of unbranched alkanes of at least 4 members (excludes halogenated alkanes) is 7. The van der Waals surface area contributed by atoms with Crippen molar-refractivity contribution < 1.29 is 4.74 Å². The average Bonchev–Trinajstić information content (AvgIpc) is 2.50. The zero-order valence-electron chi connectivity index (χ0n) is 12.1. The molecule has 0 aromatic heterocycles. The Bertz CT molecular complexity index is 383. The third-order valence-corrected chi connectivity index (χ3v) is 3.55. The molecule has 0 fully saturated rings. The Morgan fingerprint density at radius 1 is 0.850 bits per heavy atom. The topological polar surface area (TPSA) is 33.0 Å². The maximum Gasteiger partial charge on any atom is 0.119 e. The maximum absolute atomic E-state index is 8.70. The molecule has 1 aromatic carbocycles. The Morgan fingerprint density at radius 2 is 1.40 bits per heavy atom. The van der Waals surface area contributed by atoms with E-state index in [-0.39, 0.29) is 0 Å². The number of halogens is 1. The van der Waals surface area contributed by atoms with Crippen molar-refractivity contribution in [3.8, 4) is 11.8 Å². The van der Waals surface area contributed by atoms with Crippen LogP contribution in [0.1, 0.15) is 56.9 Å². The maximum atomic E-state index is 8.70. The van der Waals surface area contributed by atoms with Crippen LogP contribution in [0.25, 0.3) is 0 Å². The largest absolute Gasteiger partial charge is 0.494 e. The molecule has 0 saturated carbocycles. The Labute approximate surface area is 127 Å². The van der Waals surface area contributed by atoms with Crippen LogP contribution in [0.5, 0.6) is 5.75 Å². The lowest BCUT2D eigenvalue weighted by atomic mass is 10.1. The van der Waals surface area contributed by atoms with E-state index >= 15 is 0 Å². The second kappa shape index (κ2) is 11.6. The van der Waals surface area contributed by atoms with Gasteiger partial charge in [0.15, 0.2) is 0 Å². The van der Waals surface area contributed by atoms with Gasteiger partial charge in [0.05, 0.1) is 18.2 Å². The number of alkyl halides is 1. The Morgan fingerprint density at radius 3 is 1.95 bits per heavy atom. The number of nitrogens with zero attached hydrogens (tertiary/aromatic N) is 1. The van der Waals surface area contributed by atoms with Crippen molar-refractivity contribution in [2.75, 3.05) is 12.5 Å². The van der Waals surface area contributed by atoms with Crippen molar-refractivity contribution in [1.82, 2.24) is 0 Å². The van der Waals surface area contributed by atoms with E-state index in [0.717, 1.165) is 31.1 Å². The molecule has 0 saturated heterocycles. The molecule has 0 aliphatic rings. The highest BCUT2D eigenvalue weighted by Gasteiger charge is 1.96. The summed E-state index contributed by atoms with van der Waals surface area (Å²) in [7, 11) is 0. The highest BCUT2D eigenvalue weighted by atomic mass is 35.5. The number of nitriles is 1. The van der Waals surface area contributed by atoms with E-state index in [9.17, 15) is 0 Å². The van der Waals surface area contributed by atoms with E-state index in [4.69, 9.17) is 21.6 Å². The molecule has 0 heterocycles. The first-order valence-electron chi connectivity index (χ1n) is 7.56. The summed E-state index contributed by atoms with van der Waals surface area (Å²) >= 11 is 5.64. The molecule has 0 atom stereocenters. The van der Waals surface area contributed by atoms with Crippen molar-refractivity contribution in [1.29, 1.82) is 5.26 Å². The number of benzene rings is 1. The Hall–Kier alpha value is -1.20. The predicted molar refractivity (Wildman–Crippen MR) is 84.3 cm³/mol.